The first kappa shape index (κ1) is 17.0. The number of carbonyl (C=O) groups is 2. The molecule has 0 bridgehead atoms. The largest absolute Gasteiger partial charge is 0.334 e. The Morgan fingerprint density at radius 3 is 2.68 bits per heavy atom. The summed E-state index contributed by atoms with van der Waals surface area (Å²) in [5.41, 5.74) is 2.07. The van der Waals surface area contributed by atoms with Crippen molar-refractivity contribution in [2.75, 3.05) is 6.54 Å². The normalized spacial score (nSPS) is 18.0. The standard InChI is InChI=1S/C19H22N4O2/c1-14(16-5-3-2-4-6-16)23-13-17(11-18(23)24)22-19(25)21-12-15-7-9-20-10-8-15/h2-10,14,17H,11-13H2,1H3,(H2,21,22,25). The monoisotopic (exact) mass is 338 g/mol. The second kappa shape index (κ2) is 7.79. The Labute approximate surface area is 147 Å². The molecule has 130 valence electrons. The summed E-state index contributed by atoms with van der Waals surface area (Å²) in [6.07, 6.45) is 3.71. The Balaban J connectivity index is 1.51. The fourth-order valence-electron chi connectivity index (χ4n) is 3.03. The Morgan fingerprint density at radius 2 is 1.96 bits per heavy atom. The molecule has 2 N–H and O–H groups in total. The summed E-state index contributed by atoms with van der Waals surface area (Å²) in [4.78, 5) is 30.1. The van der Waals surface area contributed by atoms with Crippen LogP contribution in [0.15, 0.2) is 54.9 Å². The third-order valence-electron chi connectivity index (χ3n) is 4.45. The first-order chi connectivity index (χ1) is 12.1. The van der Waals surface area contributed by atoms with Gasteiger partial charge in [0.1, 0.15) is 0 Å². The minimum Gasteiger partial charge on any atom is -0.334 e. The number of nitrogens with one attached hydrogen (secondary N) is 2. The molecule has 1 aliphatic heterocycles. The van der Waals surface area contributed by atoms with Gasteiger partial charge in [0.2, 0.25) is 5.91 Å². The van der Waals surface area contributed by atoms with Crippen molar-refractivity contribution in [1.82, 2.24) is 20.5 Å². The molecule has 3 rings (SSSR count). The van der Waals surface area contributed by atoms with Gasteiger partial charge in [-0.2, -0.15) is 0 Å². The molecule has 2 heterocycles. The Bertz CT molecular complexity index is 721. The van der Waals surface area contributed by atoms with Gasteiger partial charge in [0, 0.05) is 31.9 Å². The van der Waals surface area contributed by atoms with Crippen LogP contribution in [0.25, 0.3) is 0 Å². The highest BCUT2D eigenvalue weighted by Crippen LogP contribution is 2.25. The number of hydrogen-bond donors (Lipinski definition) is 2. The van der Waals surface area contributed by atoms with E-state index in [0.717, 1.165) is 11.1 Å². The number of urea groups is 1. The van der Waals surface area contributed by atoms with E-state index in [0.29, 0.717) is 19.5 Å². The van der Waals surface area contributed by atoms with Gasteiger partial charge in [-0.25, -0.2) is 4.79 Å². The van der Waals surface area contributed by atoms with Gasteiger partial charge in [-0.3, -0.25) is 9.78 Å². The molecule has 2 atom stereocenters. The molecule has 0 saturated carbocycles. The van der Waals surface area contributed by atoms with Crippen molar-refractivity contribution in [2.45, 2.75) is 32.0 Å². The molecule has 2 unspecified atom stereocenters. The average molecular weight is 338 g/mol. The number of amides is 3. The van der Waals surface area contributed by atoms with E-state index >= 15 is 0 Å². The average Bonchev–Trinajstić information content (AvgIpc) is 3.01. The van der Waals surface area contributed by atoms with Crippen LogP contribution in [-0.4, -0.2) is 34.4 Å². The Kier molecular flexibility index (Phi) is 5.28. The number of rotatable bonds is 5. The molecule has 2 aromatic rings. The fraction of sp³-hybridized carbons (Fsp3) is 0.316. The summed E-state index contributed by atoms with van der Waals surface area (Å²) >= 11 is 0. The summed E-state index contributed by atoms with van der Waals surface area (Å²) in [5, 5.41) is 5.70. The van der Waals surface area contributed by atoms with Gasteiger partial charge in [-0.15, -0.1) is 0 Å². The Morgan fingerprint density at radius 1 is 1.24 bits per heavy atom. The third kappa shape index (κ3) is 4.35. The minimum absolute atomic E-state index is 0.000352. The van der Waals surface area contributed by atoms with E-state index in [-0.39, 0.29) is 24.0 Å². The van der Waals surface area contributed by atoms with Crippen LogP contribution < -0.4 is 10.6 Å². The number of hydrogen-bond acceptors (Lipinski definition) is 3. The summed E-state index contributed by atoms with van der Waals surface area (Å²) in [6, 6.07) is 13.2. The molecular weight excluding hydrogens is 316 g/mol. The maximum atomic E-state index is 12.3. The van der Waals surface area contributed by atoms with Crippen LogP contribution in [0.5, 0.6) is 0 Å². The van der Waals surface area contributed by atoms with Gasteiger partial charge < -0.3 is 15.5 Å². The van der Waals surface area contributed by atoms with Crippen LogP contribution in [0, 0.1) is 0 Å². The van der Waals surface area contributed by atoms with Gasteiger partial charge in [-0.05, 0) is 30.2 Å². The molecule has 25 heavy (non-hydrogen) atoms. The first-order valence-corrected chi connectivity index (χ1v) is 8.41. The van der Waals surface area contributed by atoms with Crippen molar-refractivity contribution in [3.05, 3.63) is 66.0 Å². The number of pyridine rings is 1. The van der Waals surface area contributed by atoms with Crippen LogP contribution in [-0.2, 0) is 11.3 Å². The predicted octanol–water partition coefficient (Wildman–Crippen LogP) is 2.24. The van der Waals surface area contributed by atoms with E-state index in [2.05, 4.69) is 15.6 Å². The van der Waals surface area contributed by atoms with Crippen LogP contribution in [0.2, 0.25) is 0 Å². The van der Waals surface area contributed by atoms with E-state index < -0.39 is 0 Å². The molecule has 0 radical (unpaired) electrons. The second-order valence-corrected chi connectivity index (χ2v) is 6.22. The van der Waals surface area contributed by atoms with E-state index in [1.165, 1.54) is 0 Å². The molecule has 0 aliphatic carbocycles. The van der Waals surface area contributed by atoms with Gasteiger partial charge in [0.15, 0.2) is 0 Å². The minimum atomic E-state index is -0.260. The number of benzene rings is 1. The number of aromatic nitrogens is 1. The van der Waals surface area contributed by atoms with Crippen molar-refractivity contribution in [3.8, 4) is 0 Å². The molecule has 1 aliphatic rings. The van der Waals surface area contributed by atoms with Crippen LogP contribution in [0.1, 0.15) is 30.5 Å². The smallest absolute Gasteiger partial charge is 0.315 e. The lowest BCUT2D eigenvalue weighted by Crippen LogP contribution is -2.43. The fourth-order valence-corrected chi connectivity index (χ4v) is 3.03. The molecule has 1 fully saturated rings. The summed E-state index contributed by atoms with van der Waals surface area (Å²) in [7, 11) is 0. The summed E-state index contributed by atoms with van der Waals surface area (Å²) in [6.45, 7) is 2.97. The van der Waals surface area contributed by atoms with Crippen molar-refractivity contribution >= 4 is 11.9 Å². The number of likely N-dealkylation sites (tertiary alicyclic amines) is 1. The van der Waals surface area contributed by atoms with E-state index in [9.17, 15) is 9.59 Å². The van der Waals surface area contributed by atoms with Crippen LogP contribution in [0.3, 0.4) is 0 Å². The number of carbonyl (C=O) groups excluding carboxylic acids is 2. The van der Waals surface area contributed by atoms with E-state index in [1.54, 1.807) is 12.4 Å². The summed E-state index contributed by atoms with van der Waals surface area (Å²) < 4.78 is 0. The molecule has 1 aromatic heterocycles. The lowest BCUT2D eigenvalue weighted by molar-refractivity contribution is -0.129. The van der Waals surface area contributed by atoms with Gasteiger partial charge in [0.25, 0.3) is 0 Å². The molecule has 3 amide bonds. The zero-order chi connectivity index (χ0) is 17.6. The SMILES string of the molecule is CC(c1ccccc1)N1CC(NC(=O)NCc2ccncc2)CC1=O. The van der Waals surface area contributed by atoms with Crippen molar-refractivity contribution in [2.24, 2.45) is 0 Å². The van der Waals surface area contributed by atoms with Crippen LogP contribution in [0.4, 0.5) is 4.79 Å². The van der Waals surface area contributed by atoms with E-state index in [1.807, 2.05) is 54.3 Å². The molecule has 0 spiro atoms. The highest BCUT2D eigenvalue weighted by atomic mass is 16.2. The maximum Gasteiger partial charge on any atom is 0.315 e. The van der Waals surface area contributed by atoms with Crippen molar-refractivity contribution < 1.29 is 9.59 Å². The topological polar surface area (TPSA) is 74.3 Å². The molecule has 6 heteroatoms. The third-order valence-corrected chi connectivity index (χ3v) is 4.45. The highest BCUT2D eigenvalue weighted by Gasteiger charge is 2.33. The molecular formula is C19H22N4O2. The molecule has 1 aromatic carbocycles. The lowest BCUT2D eigenvalue weighted by atomic mass is 10.1. The predicted molar refractivity (Wildman–Crippen MR) is 94.6 cm³/mol. The second-order valence-electron chi connectivity index (χ2n) is 6.22. The Hall–Kier alpha value is -2.89. The molecule has 6 nitrogen and oxygen atoms in total. The van der Waals surface area contributed by atoms with Crippen molar-refractivity contribution in [3.63, 3.8) is 0 Å². The number of nitrogens with zero attached hydrogens (tertiary/aromatic N) is 2. The zero-order valence-corrected chi connectivity index (χ0v) is 14.2. The lowest BCUT2D eigenvalue weighted by Gasteiger charge is -2.25. The van der Waals surface area contributed by atoms with Gasteiger partial charge >= 0.3 is 6.03 Å². The quantitative estimate of drug-likeness (QED) is 0.878. The van der Waals surface area contributed by atoms with E-state index in [4.69, 9.17) is 0 Å². The van der Waals surface area contributed by atoms with Crippen molar-refractivity contribution in [1.29, 1.82) is 0 Å². The summed E-state index contributed by atoms with van der Waals surface area (Å²) in [5.74, 6) is 0.0655. The van der Waals surface area contributed by atoms with Gasteiger partial charge in [-0.1, -0.05) is 30.3 Å². The molecule has 1 saturated heterocycles. The van der Waals surface area contributed by atoms with Gasteiger partial charge in [0.05, 0.1) is 12.1 Å². The maximum absolute atomic E-state index is 12.3. The first-order valence-electron chi connectivity index (χ1n) is 8.41. The zero-order valence-electron chi connectivity index (χ0n) is 14.2. The highest BCUT2D eigenvalue weighted by molar-refractivity contribution is 5.82. The van der Waals surface area contributed by atoms with Crippen LogP contribution >= 0.6 is 0 Å².